The molecule has 1 saturated carbocycles. The van der Waals surface area contributed by atoms with E-state index in [-0.39, 0.29) is 24.1 Å². The molecule has 1 aromatic carbocycles. The number of hydrogen-bond acceptors (Lipinski definition) is 3. The van der Waals surface area contributed by atoms with Gasteiger partial charge >= 0.3 is 0 Å². The highest BCUT2D eigenvalue weighted by Crippen LogP contribution is 2.18. The van der Waals surface area contributed by atoms with Gasteiger partial charge in [-0.1, -0.05) is 6.07 Å². The Morgan fingerprint density at radius 1 is 1.35 bits per heavy atom. The molecule has 1 aliphatic rings. The zero-order chi connectivity index (χ0) is 12.3. The quantitative estimate of drug-likeness (QED) is 0.705. The van der Waals surface area contributed by atoms with E-state index in [2.05, 4.69) is 10.6 Å². The molecular weight excluding hydrogens is 220 g/mol. The van der Waals surface area contributed by atoms with Crippen molar-refractivity contribution in [1.29, 1.82) is 0 Å². The third-order valence-corrected chi connectivity index (χ3v) is 2.46. The summed E-state index contributed by atoms with van der Waals surface area (Å²) in [5.41, 5.74) is 0.337. The molecular formula is C12H14N2O3. The molecule has 0 spiro atoms. The van der Waals surface area contributed by atoms with Crippen molar-refractivity contribution in [2.75, 3.05) is 6.54 Å². The van der Waals surface area contributed by atoms with Crippen molar-refractivity contribution in [3.63, 3.8) is 0 Å². The summed E-state index contributed by atoms with van der Waals surface area (Å²) < 4.78 is 0. The van der Waals surface area contributed by atoms with E-state index in [0.29, 0.717) is 11.6 Å². The van der Waals surface area contributed by atoms with Gasteiger partial charge in [0.25, 0.3) is 5.91 Å². The lowest BCUT2D eigenvalue weighted by molar-refractivity contribution is -0.120. The summed E-state index contributed by atoms with van der Waals surface area (Å²) in [5, 5.41) is 14.5. The molecule has 0 heterocycles. The summed E-state index contributed by atoms with van der Waals surface area (Å²) in [7, 11) is 0. The van der Waals surface area contributed by atoms with Crippen molar-refractivity contribution in [2.45, 2.75) is 18.9 Å². The number of nitrogens with one attached hydrogen (secondary N) is 2. The van der Waals surface area contributed by atoms with Gasteiger partial charge in [-0.25, -0.2) is 0 Å². The fourth-order valence-electron chi connectivity index (χ4n) is 1.42. The Balaban J connectivity index is 1.82. The highest BCUT2D eigenvalue weighted by atomic mass is 16.3. The second-order valence-electron chi connectivity index (χ2n) is 4.07. The summed E-state index contributed by atoms with van der Waals surface area (Å²) in [6.07, 6.45) is 2.04. The minimum absolute atomic E-state index is 0.0279. The molecule has 17 heavy (non-hydrogen) atoms. The summed E-state index contributed by atoms with van der Waals surface area (Å²) in [4.78, 5) is 22.9. The highest BCUT2D eigenvalue weighted by Gasteiger charge is 2.23. The van der Waals surface area contributed by atoms with E-state index in [9.17, 15) is 14.7 Å². The van der Waals surface area contributed by atoms with Gasteiger partial charge in [0.1, 0.15) is 5.75 Å². The Kier molecular flexibility index (Phi) is 3.27. The summed E-state index contributed by atoms with van der Waals surface area (Å²) in [6, 6.07) is 6.28. The van der Waals surface area contributed by atoms with Crippen LogP contribution in [-0.2, 0) is 4.79 Å². The van der Waals surface area contributed by atoms with Crippen LogP contribution in [0.25, 0.3) is 0 Å². The number of aromatic hydroxyl groups is 1. The predicted octanol–water partition coefficient (Wildman–Crippen LogP) is 0.401. The summed E-state index contributed by atoms with van der Waals surface area (Å²) in [5.74, 6) is -0.520. The number of phenols is 1. The van der Waals surface area contributed by atoms with E-state index >= 15 is 0 Å². The molecule has 1 aromatic rings. The molecule has 0 atom stereocenters. The minimum atomic E-state index is -0.369. The molecule has 5 nitrogen and oxygen atoms in total. The average molecular weight is 234 g/mol. The topological polar surface area (TPSA) is 78.4 Å². The number of benzene rings is 1. The van der Waals surface area contributed by atoms with Crippen molar-refractivity contribution >= 4 is 11.8 Å². The molecule has 0 radical (unpaired) electrons. The fourth-order valence-corrected chi connectivity index (χ4v) is 1.42. The first-order valence-corrected chi connectivity index (χ1v) is 5.52. The zero-order valence-corrected chi connectivity index (χ0v) is 9.27. The van der Waals surface area contributed by atoms with Crippen molar-refractivity contribution in [3.05, 3.63) is 29.8 Å². The lowest BCUT2D eigenvalue weighted by atomic mass is 10.2. The van der Waals surface area contributed by atoms with Crippen molar-refractivity contribution in [1.82, 2.24) is 10.6 Å². The van der Waals surface area contributed by atoms with Crippen molar-refractivity contribution < 1.29 is 14.7 Å². The molecule has 90 valence electrons. The van der Waals surface area contributed by atoms with Crippen molar-refractivity contribution in [2.24, 2.45) is 0 Å². The maximum Gasteiger partial charge on any atom is 0.251 e. The largest absolute Gasteiger partial charge is 0.508 e. The van der Waals surface area contributed by atoms with E-state index in [0.717, 1.165) is 12.8 Å². The zero-order valence-electron chi connectivity index (χ0n) is 9.27. The number of phenolic OH excluding ortho intramolecular Hbond substituents is 1. The first kappa shape index (κ1) is 11.4. The van der Waals surface area contributed by atoms with Crippen LogP contribution in [0.2, 0.25) is 0 Å². The van der Waals surface area contributed by atoms with E-state index in [4.69, 9.17) is 0 Å². The standard InChI is InChI=1S/C12H14N2O3/c15-10-3-1-2-8(6-10)12(17)13-7-11(16)14-9-4-5-9/h1-3,6,9,15H,4-5,7H2,(H,13,17)(H,14,16). The normalized spacial score (nSPS) is 14.1. The van der Waals surface area contributed by atoms with E-state index in [1.54, 1.807) is 12.1 Å². The van der Waals surface area contributed by atoms with Gasteiger partial charge in [-0.3, -0.25) is 9.59 Å². The third kappa shape index (κ3) is 3.48. The third-order valence-electron chi connectivity index (χ3n) is 2.46. The van der Waals surface area contributed by atoms with Gasteiger partial charge in [0.05, 0.1) is 6.54 Å². The van der Waals surface area contributed by atoms with Crippen LogP contribution in [0.5, 0.6) is 5.75 Å². The Morgan fingerprint density at radius 2 is 2.12 bits per heavy atom. The molecule has 0 bridgehead atoms. The predicted molar refractivity (Wildman–Crippen MR) is 61.6 cm³/mol. The molecule has 5 heteroatoms. The molecule has 1 aliphatic carbocycles. The van der Waals surface area contributed by atoms with E-state index in [1.165, 1.54) is 12.1 Å². The van der Waals surface area contributed by atoms with Crippen LogP contribution in [-0.4, -0.2) is 29.5 Å². The molecule has 0 aromatic heterocycles. The van der Waals surface area contributed by atoms with Gasteiger partial charge in [-0.05, 0) is 31.0 Å². The maximum atomic E-state index is 11.6. The Labute approximate surface area is 98.8 Å². The van der Waals surface area contributed by atoms with E-state index < -0.39 is 0 Å². The smallest absolute Gasteiger partial charge is 0.251 e. The van der Waals surface area contributed by atoms with Crippen LogP contribution >= 0.6 is 0 Å². The number of amides is 2. The fraction of sp³-hybridized carbons (Fsp3) is 0.333. The van der Waals surface area contributed by atoms with E-state index in [1.807, 2.05) is 0 Å². The SMILES string of the molecule is O=C(CNC(=O)c1cccc(O)c1)NC1CC1. The van der Waals surface area contributed by atoms with Gasteiger partial charge in [-0.15, -0.1) is 0 Å². The van der Waals surface area contributed by atoms with Crippen LogP contribution in [0.15, 0.2) is 24.3 Å². The molecule has 0 unspecified atom stereocenters. The van der Waals surface area contributed by atoms with Crippen LogP contribution in [0, 0.1) is 0 Å². The number of carbonyl (C=O) groups excluding carboxylic acids is 2. The molecule has 3 N–H and O–H groups in total. The maximum absolute atomic E-state index is 11.6. The Hall–Kier alpha value is -2.04. The average Bonchev–Trinajstić information content (AvgIpc) is 3.10. The molecule has 0 saturated heterocycles. The summed E-state index contributed by atoms with van der Waals surface area (Å²) in [6.45, 7) is -0.0367. The second kappa shape index (κ2) is 4.86. The van der Waals surface area contributed by atoms with Crippen molar-refractivity contribution in [3.8, 4) is 5.75 Å². The van der Waals surface area contributed by atoms with Gasteiger partial charge in [0.15, 0.2) is 0 Å². The molecule has 0 aliphatic heterocycles. The second-order valence-corrected chi connectivity index (χ2v) is 4.07. The first-order valence-electron chi connectivity index (χ1n) is 5.52. The van der Waals surface area contributed by atoms with Gasteiger partial charge in [-0.2, -0.15) is 0 Å². The lowest BCUT2D eigenvalue weighted by Crippen LogP contribution is -2.37. The van der Waals surface area contributed by atoms with Crippen LogP contribution in [0.4, 0.5) is 0 Å². The first-order chi connectivity index (χ1) is 8.15. The Morgan fingerprint density at radius 3 is 2.76 bits per heavy atom. The Bertz CT molecular complexity index is 441. The van der Waals surface area contributed by atoms with Gasteiger partial charge in [0, 0.05) is 11.6 Å². The number of hydrogen-bond donors (Lipinski definition) is 3. The van der Waals surface area contributed by atoms with Gasteiger partial charge < -0.3 is 15.7 Å². The highest BCUT2D eigenvalue weighted by molar-refractivity contribution is 5.96. The van der Waals surface area contributed by atoms with Crippen LogP contribution < -0.4 is 10.6 Å². The van der Waals surface area contributed by atoms with Crippen LogP contribution in [0.1, 0.15) is 23.2 Å². The molecule has 2 rings (SSSR count). The molecule has 2 amide bonds. The molecule has 1 fully saturated rings. The summed E-state index contributed by atoms with van der Waals surface area (Å²) >= 11 is 0. The lowest BCUT2D eigenvalue weighted by Gasteiger charge is -2.06. The number of rotatable bonds is 4. The monoisotopic (exact) mass is 234 g/mol. The van der Waals surface area contributed by atoms with Gasteiger partial charge in [0.2, 0.25) is 5.91 Å². The van der Waals surface area contributed by atoms with Crippen LogP contribution in [0.3, 0.4) is 0 Å². The number of carbonyl (C=O) groups is 2. The minimum Gasteiger partial charge on any atom is -0.508 e.